The molecule has 2 heteroatoms. The predicted molar refractivity (Wildman–Crippen MR) is 58.3 cm³/mol. The third-order valence-corrected chi connectivity index (χ3v) is 4.08. The first kappa shape index (κ1) is 10.4. The Hall–Kier alpha value is -0.0800. The van der Waals surface area contributed by atoms with Gasteiger partial charge in [0.2, 0.25) is 0 Å². The summed E-state index contributed by atoms with van der Waals surface area (Å²) >= 11 is 0. The van der Waals surface area contributed by atoms with Gasteiger partial charge < -0.3 is 10.1 Å². The molecule has 0 radical (unpaired) electrons. The zero-order valence-electron chi connectivity index (χ0n) is 9.73. The van der Waals surface area contributed by atoms with E-state index in [0.717, 1.165) is 19.8 Å². The Morgan fingerprint density at radius 1 is 1.36 bits per heavy atom. The van der Waals surface area contributed by atoms with Gasteiger partial charge in [0.05, 0.1) is 13.2 Å². The topological polar surface area (TPSA) is 21.3 Å². The van der Waals surface area contributed by atoms with Crippen molar-refractivity contribution in [1.29, 1.82) is 0 Å². The van der Waals surface area contributed by atoms with E-state index >= 15 is 0 Å². The first-order valence-corrected chi connectivity index (χ1v) is 5.85. The van der Waals surface area contributed by atoms with E-state index in [-0.39, 0.29) is 0 Å². The second-order valence-corrected chi connectivity index (χ2v) is 5.96. The average Bonchev–Trinajstić information content (AvgIpc) is 2.86. The van der Waals surface area contributed by atoms with Gasteiger partial charge in [0.25, 0.3) is 0 Å². The summed E-state index contributed by atoms with van der Waals surface area (Å²) in [5.41, 5.74) is 1.07. The largest absolute Gasteiger partial charge is 0.379 e. The molecule has 0 amide bonds. The van der Waals surface area contributed by atoms with Crippen LogP contribution in [0.5, 0.6) is 0 Å². The maximum Gasteiger partial charge on any atom is 0.0620 e. The standard InChI is InChI=1S/C12H23NO/c1-11(2,3)12(4-5-12)8-10-9-14-7-6-13-10/h10,13H,4-9H2,1-3H3. The van der Waals surface area contributed by atoms with Gasteiger partial charge in [0, 0.05) is 12.6 Å². The molecule has 2 nitrogen and oxygen atoms in total. The fraction of sp³-hybridized carbons (Fsp3) is 1.00. The van der Waals surface area contributed by atoms with E-state index in [2.05, 4.69) is 26.1 Å². The van der Waals surface area contributed by atoms with Crippen LogP contribution in [0.15, 0.2) is 0 Å². The first-order valence-electron chi connectivity index (χ1n) is 5.85. The third kappa shape index (κ3) is 1.96. The summed E-state index contributed by atoms with van der Waals surface area (Å²) in [6.07, 6.45) is 4.12. The SMILES string of the molecule is CC(C)(C)C1(CC2COCCN2)CC1. The highest BCUT2D eigenvalue weighted by Crippen LogP contribution is 2.61. The van der Waals surface area contributed by atoms with E-state index in [0.29, 0.717) is 16.9 Å². The van der Waals surface area contributed by atoms with Crippen molar-refractivity contribution in [3.8, 4) is 0 Å². The Labute approximate surface area is 87.4 Å². The van der Waals surface area contributed by atoms with Crippen LogP contribution in [0.2, 0.25) is 0 Å². The number of hydrogen-bond acceptors (Lipinski definition) is 2. The lowest BCUT2D eigenvalue weighted by molar-refractivity contribution is 0.0539. The van der Waals surface area contributed by atoms with Gasteiger partial charge in [-0.1, -0.05) is 20.8 Å². The van der Waals surface area contributed by atoms with Crippen molar-refractivity contribution < 1.29 is 4.74 Å². The quantitative estimate of drug-likeness (QED) is 0.732. The lowest BCUT2D eigenvalue weighted by atomic mass is 9.74. The molecular formula is C12H23NO. The van der Waals surface area contributed by atoms with Crippen molar-refractivity contribution in [1.82, 2.24) is 5.32 Å². The summed E-state index contributed by atoms with van der Waals surface area (Å²) in [7, 11) is 0. The normalized spacial score (nSPS) is 31.5. The molecule has 1 saturated heterocycles. The fourth-order valence-electron chi connectivity index (χ4n) is 2.63. The minimum absolute atomic E-state index is 0.464. The summed E-state index contributed by atoms with van der Waals surface area (Å²) in [4.78, 5) is 0. The molecule has 1 unspecified atom stereocenters. The van der Waals surface area contributed by atoms with Crippen molar-refractivity contribution in [2.75, 3.05) is 19.8 Å². The molecular weight excluding hydrogens is 174 g/mol. The Morgan fingerprint density at radius 3 is 2.50 bits per heavy atom. The van der Waals surface area contributed by atoms with E-state index in [4.69, 9.17) is 4.74 Å². The number of rotatable bonds is 2. The van der Waals surface area contributed by atoms with Crippen LogP contribution in [0, 0.1) is 10.8 Å². The summed E-state index contributed by atoms with van der Waals surface area (Å²) in [5, 5.41) is 3.56. The molecule has 2 fully saturated rings. The van der Waals surface area contributed by atoms with Crippen molar-refractivity contribution in [3.63, 3.8) is 0 Å². The van der Waals surface area contributed by atoms with Crippen LogP contribution in [-0.2, 0) is 4.74 Å². The smallest absolute Gasteiger partial charge is 0.0620 e. The van der Waals surface area contributed by atoms with Gasteiger partial charge >= 0.3 is 0 Å². The van der Waals surface area contributed by atoms with E-state index in [1.54, 1.807) is 0 Å². The number of ether oxygens (including phenoxy) is 1. The highest BCUT2D eigenvalue weighted by Gasteiger charge is 2.52. The zero-order valence-corrected chi connectivity index (χ0v) is 9.73. The molecule has 2 rings (SSSR count). The van der Waals surface area contributed by atoms with Gasteiger partial charge in [-0.25, -0.2) is 0 Å². The first-order chi connectivity index (χ1) is 6.54. The molecule has 0 aromatic heterocycles. The van der Waals surface area contributed by atoms with Crippen molar-refractivity contribution >= 4 is 0 Å². The van der Waals surface area contributed by atoms with Gasteiger partial charge in [-0.05, 0) is 30.1 Å². The average molecular weight is 197 g/mol. The zero-order chi connectivity index (χ0) is 10.2. The van der Waals surface area contributed by atoms with Crippen LogP contribution < -0.4 is 5.32 Å². The minimum Gasteiger partial charge on any atom is -0.379 e. The van der Waals surface area contributed by atoms with Gasteiger partial charge in [0.15, 0.2) is 0 Å². The lowest BCUT2D eigenvalue weighted by Gasteiger charge is -2.35. The summed E-state index contributed by atoms with van der Waals surface area (Å²) in [6.45, 7) is 9.97. The molecule has 0 aromatic rings. The summed E-state index contributed by atoms with van der Waals surface area (Å²) < 4.78 is 5.51. The third-order valence-electron chi connectivity index (χ3n) is 4.08. The molecule has 0 spiro atoms. The summed E-state index contributed by atoms with van der Waals surface area (Å²) in [5.74, 6) is 0. The van der Waals surface area contributed by atoms with Crippen LogP contribution in [0.3, 0.4) is 0 Å². The molecule has 1 atom stereocenters. The molecule has 1 aliphatic carbocycles. The number of morpholine rings is 1. The molecule has 0 aromatic carbocycles. The summed E-state index contributed by atoms with van der Waals surface area (Å²) in [6, 6.07) is 0.602. The second-order valence-electron chi connectivity index (χ2n) is 5.96. The highest BCUT2D eigenvalue weighted by molar-refractivity contribution is 5.03. The molecule has 2 aliphatic rings. The maximum absolute atomic E-state index is 5.51. The molecule has 14 heavy (non-hydrogen) atoms. The minimum atomic E-state index is 0.464. The molecule has 0 bridgehead atoms. The van der Waals surface area contributed by atoms with Crippen molar-refractivity contribution in [2.45, 2.75) is 46.1 Å². The van der Waals surface area contributed by atoms with Gasteiger partial charge in [-0.3, -0.25) is 0 Å². The van der Waals surface area contributed by atoms with E-state index in [9.17, 15) is 0 Å². The molecule has 1 N–H and O–H groups in total. The Bertz CT molecular complexity index is 197. The molecule has 1 heterocycles. The fourth-order valence-corrected chi connectivity index (χ4v) is 2.63. The number of nitrogens with one attached hydrogen (secondary N) is 1. The Balaban J connectivity index is 1.90. The van der Waals surface area contributed by atoms with E-state index in [1.807, 2.05) is 0 Å². The van der Waals surface area contributed by atoms with Crippen LogP contribution in [0.1, 0.15) is 40.0 Å². The Morgan fingerprint density at radius 2 is 2.07 bits per heavy atom. The number of hydrogen-bond donors (Lipinski definition) is 1. The van der Waals surface area contributed by atoms with Crippen molar-refractivity contribution in [2.24, 2.45) is 10.8 Å². The predicted octanol–water partition coefficient (Wildman–Crippen LogP) is 2.19. The highest BCUT2D eigenvalue weighted by atomic mass is 16.5. The molecule has 1 saturated carbocycles. The Kier molecular flexibility index (Phi) is 2.61. The lowest BCUT2D eigenvalue weighted by Crippen LogP contribution is -2.44. The van der Waals surface area contributed by atoms with Crippen LogP contribution >= 0.6 is 0 Å². The molecule has 82 valence electrons. The van der Waals surface area contributed by atoms with Gasteiger partial charge in [-0.2, -0.15) is 0 Å². The second kappa shape index (κ2) is 3.49. The van der Waals surface area contributed by atoms with E-state index < -0.39 is 0 Å². The van der Waals surface area contributed by atoms with Gasteiger partial charge in [0.1, 0.15) is 0 Å². The van der Waals surface area contributed by atoms with Crippen LogP contribution in [-0.4, -0.2) is 25.8 Å². The van der Waals surface area contributed by atoms with Crippen LogP contribution in [0.4, 0.5) is 0 Å². The monoisotopic (exact) mass is 197 g/mol. The van der Waals surface area contributed by atoms with Gasteiger partial charge in [-0.15, -0.1) is 0 Å². The van der Waals surface area contributed by atoms with Crippen LogP contribution in [0.25, 0.3) is 0 Å². The molecule has 1 aliphatic heterocycles. The van der Waals surface area contributed by atoms with E-state index in [1.165, 1.54) is 19.3 Å². The maximum atomic E-state index is 5.51. The van der Waals surface area contributed by atoms with Crippen molar-refractivity contribution in [3.05, 3.63) is 0 Å².